The molecule has 0 unspecified atom stereocenters. The van der Waals surface area contributed by atoms with Crippen molar-refractivity contribution >= 4 is 24.8 Å². The smallest absolute Gasteiger partial charge is 0.461 e. The molecule has 4 aliphatic rings. The van der Waals surface area contributed by atoms with Gasteiger partial charge in [-0.15, -0.1) is 5.10 Å². The highest BCUT2D eigenvalue weighted by Gasteiger charge is 2.68. The lowest BCUT2D eigenvalue weighted by atomic mass is 9.43. The number of nitrogens with one attached hydrogen (secondary N) is 1. The summed E-state index contributed by atoms with van der Waals surface area (Å²) in [5.74, 6) is 0.0804. The molecular formula is C33H47BN4O7. The first kappa shape index (κ1) is 33.1. The number of hydrogen-bond acceptors (Lipinski definition) is 9. The molecule has 2 heterocycles. The van der Waals surface area contributed by atoms with E-state index in [2.05, 4.69) is 36.4 Å². The number of Topliss-reactive ketones (excluding diaryl/α,β-unsaturated/α-hetero) is 1. The minimum absolute atomic E-state index is 0.0497. The fourth-order valence-electron chi connectivity index (χ4n) is 7.48. The quantitative estimate of drug-likeness (QED) is 0.265. The Morgan fingerprint density at radius 2 is 1.96 bits per heavy atom. The summed E-state index contributed by atoms with van der Waals surface area (Å²) in [4.78, 5) is 39.0. The van der Waals surface area contributed by atoms with Crippen molar-refractivity contribution in [1.82, 2.24) is 20.3 Å². The van der Waals surface area contributed by atoms with Crippen molar-refractivity contribution in [3.63, 3.8) is 0 Å². The van der Waals surface area contributed by atoms with Gasteiger partial charge in [-0.25, -0.2) is 9.48 Å². The third-order valence-corrected chi connectivity index (χ3v) is 9.89. The summed E-state index contributed by atoms with van der Waals surface area (Å²) < 4.78 is 26.3. The predicted octanol–water partition coefficient (Wildman–Crippen LogP) is 4.68. The zero-order valence-corrected chi connectivity index (χ0v) is 27.8. The van der Waals surface area contributed by atoms with Crippen LogP contribution in [-0.4, -0.2) is 70.7 Å². The van der Waals surface area contributed by atoms with Gasteiger partial charge in [0.25, 0.3) is 5.91 Å². The lowest BCUT2D eigenvalue weighted by Gasteiger charge is -2.64. The average Bonchev–Trinajstić information content (AvgIpc) is 3.58. The van der Waals surface area contributed by atoms with Crippen LogP contribution in [0.5, 0.6) is 5.75 Å². The summed E-state index contributed by atoms with van der Waals surface area (Å²) in [6.07, 6.45) is 4.78. The van der Waals surface area contributed by atoms with Gasteiger partial charge < -0.3 is 24.1 Å². The monoisotopic (exact) mass is 622 g/mol. The molecule has 244 valence electrons. The molecule has 1 aromatic carbocycles. The van der Waals surface area contributed by atoms with Crippen LogP contribution in [0, 0.1) is 17.3 Å². The van der Waals surface area contributed by atoms with Crippen molar-refractivity contribution in [2.75, 3.05) is 13.7 Å². The number of carbonyl (C=O) groups excluding carboxylic acids is 3. The van der Waals surface area contributed by atoms with Gasteiger partial charge in [-0.05, 0) is 82.3 Å². The van der Waals surface area contributed by atoms with Crippen LogP contribution in [0.3, 0.4) is 0 Å². The second kappa shape index (κ2) is 12.5. The van der Waals surface area contributed by atoms with Crippen LogP contribution in [0.1, 0.15) is 101 Å². The van der Waals surface area contributed by atoms with Crippen molar-refractivity contribution in [1.29, 1.82) is 0 Å². The maximum atomic E-state index is 13.6. The summed E-state index contributed by atoms with van der Waals surface area (Å²) in [6, 6.07) is 5.38. The molecule has 11 nitrogen and oxygen atoms in total. The molecule has 0 radical (unpaired) electrons. The Morgan fingerprint density at radius 1 is 1.20 bits per heavy atom. The topological polar surface area (TPSA) is 131 Å². The van der Waals surface area contributed by atoms with E-state index in [1.54, 1.807) is 12.1 Å². The maximum absolute atomic E-state index is 13.6. The Labute approximate surface area is 266 Å². The van der Waals surface area contributed by atoms with E-state index < -0.39 is 24.3 Å². The van der Waals surface area contributed by atoms with Crippen LogP contribution in [0.15, 0.2) is 24.4 Å². The number of benzene rings is 1. The molecule has 45 heavy (non-hydrogen) atoms. The number of ketones is 1. The molecule has 1 saturated heterocycles. The summed E-state index contributed by atoms with van der Waals surface area (Å²) in [5.41, 5.74) is 0.302. The van der Waals surface area contributed by atoms with Gasteiger partial charge in [0.2, 0.25) is 0 Å². The molecule has 1 amide bonds. The number of amides is 1. The van der Waals surface area contributed by atoms with E-state index >= 15 is 0 Å². The summed E-state index contributed by atoms with van der Waals surface area (Å²) in [6.45, 7) is 14.7. The number of rotatable bonds is 12. The molecule has 2 bridgehead atoms. The molecule has 2 aromatic rings. The molecule has 3 aliphatic carbocycles. The fourth-order valence-corrected chi connectivity index (χ4v) is 7.48. The predicted molar refractivity (Wildman–Crippen MR) is 168 cm³/mol. The molecule has 0 spiro atoms. The largest absolute Gasteiger partial charge is 0.496 e. The van der Waals surface area contributed by atoms with E-state index in [4.69, 9.17) is 18.8 Å². The minimum atomic E-state index is -0.670. The number of hydrogen-bond donors (Lipinski definition) is 1. The molecule has 1 N–H and O–H groups in total. The molecule has 4 fully saturated rings. The van der Waals surface area contributed by atoms with Crippen LogP contribution in [-0.2, 0) is 31.8 Å². The highest BCUT2D eigenvalue weighted by atomic mass is 16.7. The van der Waals surface area contributed by atoms with Crippen molar-refractivity contribution < 1.29 is 33.2 Å². The first-order chi connectivity index (χ1) is 21.2. The van der Waals surface area contributed by atoms with Gasteiger partial charge >= 0.3 is 13.1 Å². The van der Waals surface area contributed by atoms with Crippen molar-refractivity contribution in [2.45, 2.75) is 110 Å². The Kier molecular flexibility index (Phi) is 9.21. The Bertz CT molecular complexity index is 1440. The molecule has 1 aliphatic heterocycles. The van der Waals surface area contributed by atoms with Gasteiger partial charge in [-0.1, -0.05) is 38.1 Å². The van der Waals surface area contributed by atoms with Gasteiger partial charge in [0.05, 0.1) is 25.0 Å². The number of carbonyl (C=O) groups is 3. The molecule has 5 atom stereocenters. The van der Waals surface area contributed by atoms with E-state index in [0.717, 1.165) is 24.8 Å². The molecule has 12 heteroatoms. The number of esters is 1. The van der Waals surface area contributed by atoms with E-state index in [9.17, 15) is 14.4 Å². The number of nitrogens with zero attached hydrogens (tertiary/aromatic N) is 3. The zero-order valence-electron chi connectivity index (χ0n) is 27.8. The van der Waals surface area contributed by atoms with E-state index in [1.165, 1.54) is 18.0 Å². The van der Waals surface area contributed by atoms with E-state index in [-0.39, 0.29) is 47.7 Å². The highest BCUT2D eigenvalue weighted by Crippen LogP contribution is 2.66. The average molecular weight is 623 g/mol. The Morgan fingerprint density at radius 3 is 2.62 bits per heavy atom. The Hall–Kier alpha value is -3.25. The zero-order chi connectivity index (χ0) is 32.7. The van der Waals surface area contributed by atoms with Gasteiger partial charge in [-0.3, -0.25) is 9.59 Å². The number of para-hydroxylation sites is 1. The maximum Gasteiger partial charge on any atom is 0.461 e. The molecular weight excluding hydrogens is 575 g/mol. The molecule has 1 aromatic heterocycles. The summed E-state index contributed by atoms with van der Waals surface area (Å²) in [7, 11) is 0.902. The second-order valence-electron chi connectivity index (χ2n) is 14.6. The summed E-state index contributed by atoms with van der Waals surface area (Å²) >= 11 is 0. The SMILES string of the molecule is CCCNC(=O)c1cn(CC(=O)C[C@@H](Cc2cccc(C(=O)OC(C)(C)C)c2OC)B2O[C@@H]3C[C@@H]4C[C@@H](C4(C)C)[C@]3(C)O2)nn1. The van der Waals surface area contributed by atoms with Gasteiger partial charge in [0, 0.05) is 18.8 Å². The number of aromatic nitrogens is 3. The van der Waals surface area contributed by atoms with Crippen molar-refractivity contribution in [3.05, 3.63) is 41.2 Å². The van der Waals surface area contributed by atoms with Gasteiger partial charge in [0.1, 0.15) is 23.5 Å². The van der Waals surface area contributed by atoms with Crippen LogP contribution in [0.4, 0.5) is 0 Å². The second-order valence-corrected chi connectivity index (χ2v) is 14.6. The molecule has 6 rings (SSSR count). The van der Waals surface area contributed by atoms with Crippen LogP contribution >= 0.6 is 0 Å². The van der Waals surface area contributed by atoms with Gasteiger partial charge in [0.15, 0.2) is 11.5 Å². The van der Waals surface area contributed by atoms with Crippen molar-refractivity contribution in [2.24, 2.45) is 17.3 Å². The first-order valence-electron chi connectivity index (χ1n) is 16.1. The van der Waals surface area contributed by atoms with Crippen molar-refractivity contribution in [3.8, 4) is 5.75 Å². The third kappa shape index (κ3) is 6.68. The number of methoxy groups -OCH3 is 1. The minimum Gasteiger partial charge on any atom is -0.496 e. The van der Waals surface area contributed by atoms with E-state index in [1.807, 2.05) is 33.8 Å². The van der Waals surface area contributed by atoms with Crippen LogP contribution in [0.25, 0.3) is 0 Å². The fraction of sp³-hybridized carbons (Fsp3) is 0.667. The third-order valence-electron chi connectivity index (χ3n) is 9.89. The lowest BCUT2D eigenvalue weighted by molar-refractivity contribution is -0.199. The van der Waals surface area contributed by atoms with Crippen LogP contribution in [0.2, 0.25) is 5.82 Å². The summed E-state index contributed by atoms with van der Waals surface area (Å²) in [5, 5.41) is 10.7. The Balaban J connectivity index is 1.39. The van der Waals surface area contributed by atoms with E-state index in [0.29, 0.717) is 36.1 Å². The standard InChI is InChI=1S/C33H47BN4O7/c1-9-13-35-29(40)25-19-38(37-36-25)18-23(39)17-22(34-44-27-16-21-15-26(32(21,5)6)33(27,7)45-34)14-20-11-10-12-24(28(20)42-8)30(41)43-31(2,3)4/h10-12,19,21-22,26-27H,9,13-18H2,1-8H3,(H,35,40)/t21-,22+,26-,27+,33-/m0/s1. The highest BCUT2D eigenvalue weighted by molar-refractivity contribution is 6.48. The lowest BCUT2D eigenvalue weighted by Crippen LogP contribution is -2.65. The molecule has 3 saturated carbocycles. The number of ether oxygens (including phenoxy) is 2. The normalized spacial score (nSPS) is 25.6. The van der Waals surface area contributed by atoms with Gasteiger partial charge in [-0.2, -0.15) is 0 Å². The van der Waals surface area contributed by atoms with Crippen LogP contribution < -0.4 is 10.1 Å². The first-order valence-corrected chi connectivity index (χ1v) is 16.1.